The highest BCUT2D eigenvalue weighted by molar-refractivity contribution is 6.26. The molecule has 8 nitrogen and oxygen atoms in total. The van der Waals surface area contributed by atoms with E-state index in [0.29, 0.717) is 22.5 Å². The molecule has 0 atom stereocenters. The molecule has 0 saturated heterocycles. The van der Waals surface area contributed by atoms with Crippen LogP contribution >= 0.6 is 0 Å². The second kappa shape index (κ2) is 14.9. The zero-order chi connectivity index (χ0) is 49.9. The van der Waals surface area contributed by atoms with Gasteiger partial charge in [-0.3, -0.25) is 0 Å². The van der Waals surface area contributed by atoms with Crippen LogP contribution in [0, 0.1) is 22.7 Å². The molecular formula is C68H36N6O2. The maximum absolute atomic E-state index is 11.2. The van der Waals surface area contributed by atoms with Gasteiger partial charge >= 0.3 is 0 Å². The Morgan fingerprint density at radius 1 is 0.276 bits per heavy atom. The van der Waals surface area contributed by atoms with Crippen LogP contribution in [0.15, 0.2) is 227 Å². The molecule has 8 heteroatoms. The first-order chi connectivity index (χ1) is 37.6. The molecule has 0 bridgehead atoms. The number of hydrogen-bond acceptors (Lipinski definition) is 4. The van der Waals surface area contributed by atoms with Gasteiger partial charge in [0.05, 0.1) is 77.4 Å². The molecular weight excluding hydrogens is 933 g/mol. The number of para-hydroxylation sites is 6. The van der Waals surface area contributed by atoms with E-state index < -0.39 is 0 Å². The number of nitrogens with zero attached hydrogens (tertiary/aromatic N) is 6. The van der Waals surface area contributed by atoms with E-state index in [1.165, 1.54) is 21.5 Å². The monoisotopic (exact) mass is 968 g/mol. The molecule has 0 N–H and O–H groups in total. The molecule has 0 unspecified atom stereocenters. The highest BCUT2D eigenvalue weighted by atomic mass is 16.3. The van der Waals surface area contributed by atoms with Crippen LogP contribution in [0.25, 0.3) is 154 Å². The summed E-state index contributed by atoms with van der Waals surface area (Å²) < 4.78 is 22.8. The largest absolute Gasteiger partial charge is 0.455 e. The van der Waals surface area contributed by atoms with Gasteiger partial charge in [0, 0.05) is 65.2 Å². The predicted octanol–water partition coefficient (Wildman–Crippen LogP) is 17.6. The Hall–Kier alpha value is -10.8. The van der Waals surface area contributed by atoms with Crippen molar-refractivity contribution in [1.29, 1.82) is 10.5 Å². The minimum Gasteiger partial charge on any atom is -0.455 e. The maximum atomic E-state index is 11.2. The van der Waals surface area contributed by atoms with E-state index in [-0.39, 0.29) is 0 Å². The van der Waals surface area contributed by atoms with Crippen LogP contribution in [0.3, 0.4) is 0 Å². The van der Waals surface area contributed by atoms with Crippen molar-refractivity contribution < 1.29 is 8.83 Å². The van der Waals surface area contributed by atoms with Gasteiger partial charge in [0.15, 0.2) is 0 Å². The summed E-state index contributed by atoms with van der Waals surface area (Å²) in [6.45, 7) is 0. The molecule has 0 saturated carbocycles. The Morgan fingerprint density at radius 3 is 1.01 bits per heavy atom. The van der Waals surface area contributed by atoms with E-state index in [2.05, 4.69) is 200 Å². The molecule has 350 valence electrons. The van der Waals surface area contributed by atoms with Crippen LogP contribution in [0.1, 0.15) is 11.1 Å². The molecule has 17 rings (SSSR count). The van der Waals surface area contributed by atoms with Gasteiger partial charge in [0.1, 0.15) is 34.5 Å². The highest BCUT2D eigenvalue weighted by Gasteiger charge is 2.26. The van der Waals surface area contributed by atoms with Gasteiger partial charge in [-0.1, -0.05) is 109 Å². The second-order valence-corrected chi connectivity index (χ2v) is 19.8. The average Bonchev–Trinajstić information content (AvgIpc) is 4.35. The lowest BCUT2D eigenvalue weighted by Crippen LogP contribution is -2.04. The molecule has 0 aliphatic heterocycles. The SMILES string of the molecule is N#Cc1cc(C#N)c(-n2c3ccc(-n4c5ccccc5c5ccccc54)cc3c3c4oc5ccccc5c4ccc32)cc1-n1c2ccc(-n3c4ccccc4c4ccccc43)cc2c2c3oc4ccccc4c3ccc21. The van der Waals surface area contributed by atoms with Crippen LogP contribution in [-0.4, -0.2) is 18.3 Å². The van der Waals surface area contributed by atoms with Crippen LogP contribution in [0.4, 0.5) is 0 Å². The van der Waals surface area contributed by atoms with Crippen molar-refractivity contribution in [3.8, 4) is 34.9 Å². The van der Waals surface area contributed by atoms with Crippen molar-refractivity contribution in [2.45, 2.75) is 0 Å². The first kappa shape index (κ1) is 40.8. The topological polar surface area (TPSA) is 93.6 Å². The summed E-state index contributed by atoms with van der Waals surface area (Å²) in [6.07, 6.45) is 0. The van der Waals surface area contributed by atoms with Crippen LogP contribution in [-0.2, 0) is 0 Å². The number of aromatic nitrogens is 4. The van der Waals surface area contributed by atoms with Gasteiger partial charge in [-0.15, -0.1) is 0 Å². The number of furan rings is 2. The molecule has 6 heterocycles. The molecule has 0 aliphatic carbocycles. The summed E-state index contributed by atoms with van der Waals surface area (Å²) in [5.74, 6) is 0. The standard InChI is InChI=1S/C68H36N6O2/c69-37-39-33-40(38-70)62(74-58-30-26-42(72-55-21-9-3-15-45(55)46-16-4-10-22-56(46)72)35-52(58)66-60(74)32-28-50-48-18-6-12-24-64(48)76-68(50)66)36-61(39)73-57-29-25-41(71-53-19-7-1-13-43(53)44-14-2-8-20-54(44)71)34-51(57)65-59(73)31-27-49-47-17-5-11-23-63(47)75-67(49)65/h1-36H. The van der Waals surface area contributed by atoms with Crippen molar-refractivity contribution in [3.05, 3.63) is 230 Å². The maximum Gasteiger partial charge on any atom is 0.145 e. The average molecular weight is 969 g/mol. The van der Waals surface area contributed by atoms with Gasteiger partial charge < -0.3 is 27.1 Å². The Morgan fingerprint density at radius 2 is 0.618 bits per heavy atom. The zero-order valence-electron chi connectivity index (χ0n) is 40.3. The normalized spacial score (nSPS) is 12.2. The Kier molecular flexibility index (Phi) is 7.99. The van der Waals surface area contributed by atoms with Crippen LogP contribution in [0.5, 0.6) is 0 Å². The van der Waals surface area contributed by atoms with E-state index in [4.69, 9.17) is 8.83 Å². The second-order valence-electron chi connectivity index (χ2n) is 19.8. The predicted molar refractivity (Wildman–Crippen MR) is 308 cm³/mol. The number of fused-ring (bicyclic) bond motifs is 20. The van der Waals surface area contributed by atoms with Crippen molar-refractivity contribution in [1.82, 2.24) is 18.3 Å². The summed E-state index contributed by atoms with van der Waals surface area (Å²) in [4.78, 5) is 0. The third-order valence-electron chi connectivity index (χ3n) is 16.0. The fourth-order valence-corrected chi connectivity index (χ4v) is 12.9. The zero-order valence-corrected chi connectivity index (χ0v) is 40.3. The smallest absolute Gasteiger partial charge is 0.145 e. The summed E-state index contributed by atoms with van der Waals surface area (Å²) in [6, 6.07) is 81.1. The van der Waals surface area contributed by atoms with Crippen molar-refractivity contribution in [3.63, 3.8) is 0 Å². The minimum atomic E-state index is 0.365. The first-order valence-electron chi connectivity index (χ1n) is 25.4. The summed E-state index contributed by atoms with van der Waals surface area (Å²) >= 11 is 0. The third kappa shape index (κ3) is 5.28. The molecule has 0 amide bonds. The number of nitriles is 2. The van der Waals surface area contributed by atoms with Gasteiger partial charge in [0.25, 0.3) is 0 Å². The van der Waals surface area contributed by atoms with E-state index in [9.17, 15) is 10.5 Å². The molecule has 0 aliphatic rings. The molecule has 0 fully saturated rings. The number of hydrogen-bond donors (Lipinski definition) is 0. The molecule has 0 spiro atoms. The van der Waals surface area contributed by atoms with Gasteiger partial charge in [0.2, 0.25) is 0 Å². The lowest BCUT2D eigenvalue weighted by molar-refractivity contribution is 0.672. The lowest BCUT2D eigenvalue weighted by atomic mass is 10.1. The van der Waals surface area contributed by atoms with Crippen molar-refractivity contribution in [2.75, 3.05) is 0 Å². The summed E-state index contributed by atoms with van der Waals surface area (Å²) in [5.41, 5.74) is 15.1. The minimum absolute atomic E-state index is 0.365. The van der Waals surface area contributed by atoms with Crippen LogP contribution < -0.4 is 0 Å². The molecule has 17 aromatic rings. The fraction of sp³-hybridized carbons (Fsp3) is 0. The van der Waals surface area contributed by atoms with E-state index in [1.54, 1.807) is 6.07 Å². The molecule has 76 heavy (non-hydrogen) atoms. The number of benzene rings is 11. The Labute approximate surface area is 431 Å². The van der Waals surface area contributed by atoms with Gasteiger partial charge in [-0.25, -0.2) is 0 Å². The summed E-state index contributed by atoms with van der Waals surface area (Å²) in [5, 5.41) is 35.0. The molecule has 0 radical (unpaired) electrons. The van der Waals surface area contributed by atoms with E-state index in [1.807, 2.05) is 42.5 Å². The van der Waals surface area contributed by atoms with Gasteiger partial charge in [-0.05, 0) is 109 Å². The van der Waals surface area contributed by atoms with E-state index in [0.717, 1.165) is 121 Å². The Balaban J connectivity index is 0.974. The third-order valence-corrected chi connectivity index (χ3v) is 16.0. The van der Waals surface area contributed by atoms with E-state index >= 15 is 0 Å². The highest BCUT2D eigenvalue weighted by Crippen LogP contribution is 2.46. The Bertz CT molecular complexity index is 5080. The van der Waals surface area contributed by atoms with Crippen molar-refractivity contribution in [2.24, 2.45) is 0 Å². The molecule has 6 aromatic heterocycles. The summed E-state index contributed by atoms with van der Waals surface area (Å²) in [7, 11) is 0. The number of rotatable bonds is 4. The quantitative estimate of drug-likeness (QED) is 0.176. The fourth-order valence-electron chi connectivity index (χ4n) is 12.9. The molecule has 11 aromatic carbocycles. The lowest BCUT2D eigenvalue weighted by Gasteiger charge is -2.16. The first-order valence-corrected chi connectivity index (χ1v) is 25.4. The van der Waals surface area contributed by atoms with Crippen LogP contribution in [0.2, 0.25) is 0 Å². The van der Waals surface area contributed by atoms with Crippen molar-refractivity contribution >= 4 is 131 Å². The van der Waals surface area contributed by atoms with Gasteiger partial charge in [-0.2, -0.15) is 10.5 Å².